The van der Waals surface area contributed by atoms with E-state index >= 15 is 0 Å². The first kappa shape index (κ1) is 71.8. The summed E-state index contributed by atoms with van der Waals surface area (Å²) in [6.45, 7) is 2.69. The van der Waals surface area contributed by atoms with Crippen molar-refractivity contribution in [2.24, 2.45) is 0 Å². The quantitative estimate of drug-likeness (QED) is 0.0204. The fraction of sp³-hybridized carbons (Fsp3) is 0.828. The van der Waals surface area contributed by atoms with Crippen LogP contribution in [0.3, 0.4) is 0 Å². The highest BCUT2D eigenvalue weighted by molar-refractivity contribution is 5.77. The van der Waals surface area contributed by atoms with Gasteiger partial charge < -0.3 is 65.1 Å². The third-order valence-corrected chi connectivity index (χ3v) is 15.3. The van der Waals surface area contributed by atoms with Gasteiger partial charge in [0.05, 0.1) is 32.0 Å². The largest absolute Gasteiger partial charge is 0.394 e. The molecule has 2 fully saturated rings. The molecular formula is C64H115NO13. The number of rotatable bonds is 50. The molecule has 9 N–H and O–H groups in total. The molecule has 12 unspecified atom stereocenters. The molecule has 0 bridgehead atoms. The molecule has 0 aromatic carbocycles. The van der Waals surface area contributed by atoms with E-state index in [1.165, 1.54) is 161 Å². The van der Waals surface area contributed by atoms with Gasteiger partial charge in [0.2, 0.25) is 5.91 Å². The fourth-order valence-corrected chi connectivity index (χ4v) is 10.2. The maximum atomic E-state index is 13.2. The summed E-state index contributed by atoms with van der Waals surface area (Å²) in [5.74, 6) is -0.332. The molecule has 12 atom stereocenters. The van der Waals surface area contributed by atoms with Crippen LogP contribution in [0.5, 0.6) is 0 Å². The Morgan fingerprint density at radius 1 is 0.462 bits per heavy atom. The molecule has 2 saturated heterocycles. The number of aliphatic hydroxyl groups is 8. The van der Waals surface area contributed by atoms with Gasteiger partial charge in [0, 0.05) is 6.42 Å². The molecule has 0 spiro atoms. The molecule has 0 aromatic heterocycles. The Bertz CT molecular complexity index is 1540. The Balaban J connectivity index is 1.70. The fourth-order valence-electron chi connectivity index (χ4n) is 10.2. The van der Waals surface area contributed by atoms with E-state index in [1.807, 2.05) is 12.2 Å². The van der Waals surface area contributed by atoms with E-state index in [1.54, 1.807) is 6.08 Å². The summed E-state index contributed by atoms with van der Waals surface area (Å²) in [5, 5.41) is 87.2. The van der Waals surface area contributed by atoms with Crippen LogP contribution >= 0.6 is 0 Å². The van der Waals surface area contributed by atoms with Crippen molar-refractivity contribution < 1.29 is 64.6 Å². The summed E-state index contributed by atoms with van der Waals surface area (Å²) in [5.41, 5.74) is 0. The van der Waals surface area contributed by atoms with Gasteiger partial charge in [0.25, 0.3) is 0 Å². The molecule has 1 amide bonds. The van der Waals surface area contributed by atoms with E-state index in [0.29, 0.717) is 12.8 Å². The van der Waals surface area contributed by atoms with Crippen LogP contribution in [0.1, 0.15) is 245 Å². The van der Waals surface area contributed by atoms with E-state index in [9.17, 15) is 45.6 Å². The van der Waals surface area contributed by atoms with Crippen molar-refractivity contribution in [2.75, 3.05) is 19.8 Å². The molecule has 0 aliphatic carbocycles. The van der Waals surface area contributed by atoms with Gasteiger partial charge in [-0.2, -0.15) is 0 Å². The highest BCUT2D eigenvalue weighted by Crippen LogP contribution is 2.30. The third kappa shape index (κ3) is 34.2. The monoisotopic (exact) mass is 1110 g/mol. The molecule has 454 valence electrons. The second-order valence-corrected chi connectivity index (χ2v) is 22.2. The predicted octanol–water partition coefficient (Wildman–Crippen LogP) is 11.3. The van der Waals surface area contributed by atoms with Crippen LogP contribution < -0.4 is 5.32 Å². The topological polar surface area (TPSA) is 228 Å². The number of ether oxygens (including phenoxy) is 4. The zero-order valence-electron chi connectivity index (χ0n) is 48.9. The lowest BCUT2D eigenvalue weighted by Crippen LogP contribution is -2.65. The molecule has 0 saturated carbocycles. The minimum Gasteiger partial charge on any atom is -0.394 e. The van der Waals surface area contributed by atoms with Crippen molar-refractivity contribution in [2.45, 2.75) is 319 Å². The number of amides is 1. The van der Waals surface area contributed by atoms with Gasteiger partial charge in [0.1, 0.15) is 48.8 Å². The maximum Gasteiger partial charge on any atom is 0.224 e. The maximum absolute atomic E-state index is 13.2. The number of hydrogen-bond acceptors (Lipinski definition) is 13. The first-order valence-corrected chi connectivity index (χ1v) is 31.5. The van der Waals surface area contributed by atoms with Crippen LogP contribution in [0.2, 0.25) is 0 Å². The first-order chi connectivity index (χ1) is 38.1. The normalized spacial score (nSPS) is 24.9. The lowest BCUT2D eigenvalue weighted by Gasteiger charge is -2.46. The van der Waals surface area contributed by atoms with Crippen molar-refractivity contribution in [3.8, 4) is 0 Å². The van der Waals surface area contributed by atoms with Gasteiger partial charge >= 0.3 is 0 Å². The van der Waals surface area contributed by atoms with E-state index < -0.39 is 86.8 Å². The standard InChI is InChI=1S/C64H115NO13/c1-3-5-7-9-11-13-15-17-19-20-21-22-23-24-25-26-27-28-29-30-31-32-34-35-37-39-41-43-45-47-53(68)52(65-56(69)48-46-44-42-40-38-36-33-18-16-14-12-10-8-6-4-2)51-75-63-61(74)59(72)62(55(50-67)77-63)78-64-60(73)58(71)57(70)54(49-66)76-64/h6,8,12,14,18,33,38,40,44,46,52-55,57-64,66-68,70-74H,3-5,7,9-11,13,15-17,19-32,34-37,39,41-43,45,47-51H2,1-2H3,(H,65,69)/b8-6-,14-12-,33-18-,40-38-,46-44-. The second kappa shape index (κ2) is 49.3. The summed E-state index contributed by atoms with van der Waals surface area (Å²) in [6.07, 6.45) is 47.0. The smallest absolute Gasteiger partial charge is 0.224 e. The zero-order chi connectivity index (χ0) is 56.7. The molecule has 0 aromatic rings. The number of aliphatic hydroxyl groups excluding tert-OH is 8. The Hall–Kier alpha value is -2.31. The molecular weight excluding hydrogens is 991 g/mol. The van der Waals surface area contributed by atoms with Crippen LogP contribution in [0.4, 0.5) is 0 Å². The van der Waals surface area contributed by atoms with Crippen molar-refractivity contribution in [1.82, 2.24) is 5.32 Å². The van der Waals surface area contributed by atoms with Crippen LogP contribution in [0.25, 0.3) is 0 Å². The first-order valence-electron chi connectivity index (χ1n) is 31.5. The number of carbonyl (C=O) groups excluding carboxylic acids is 1. The Morgan fingerprint density at radius 2 is 0.833 bits per heavy atom. The highest BCUT2D eigenvalue weighted by atomic mass is 16.7. The summed E-state index contributed by atoms with van der Waals surface area (Å²) >= 11 is 0. The average Bonchev–Trinajstić information content (AvgIpc) is 3.48. The molecule has 14 heteroatoms. The summed E-state index contributed by atoms with van der Waals surface area (Å²) in [7, 11) is 0. The third-order valence-electron chi connectivity index (χ3n) is 15.3. The van der Waals surface area contributed by atoms with Crippen molar-refractivity contribution in [3.63, 3.8) is 0 Å². The van der Waals surface area contributed by atoms with Crippen molar-refractivity contribution in [1.29, 1.82) is 0 Å². The molecule has 14 nitrogen and oxygen atoms in total. The summed E-state index contributed by atoms with van der Waals surface area (Å²) in [6, 6.07) is -0.886. The summed E-state index contributed by atoms with van der Waals surface area (Å²) in [4.78, 5) is 13.2. The van der Waals surface area contributed by atoms with E-state index in [4.69, 9.17) is 18.9 Å². The van der Waals surface area contributed by atoms with Crippen LogP contribution in [-0.2, 0) is 23.7 Å². The summed E-state index contributed by atoms with van der Waals surface area (Å²) < 4.78 is 22.8. The van der Waals surface area contributed by atoms with Crippen LogP contribution in [0.15, 0.2) is 60.8 Å². The number of unbranched alkanes of at least 4 members (excludes halogenated alkanes) is 28. The number of carbonyl (C=O) groups is 1. The van der Waals surface area contributed by atoms with Crippen molar-refractivity contribution in [3.05, 3.63) is 60.8 Å². The van der Waals surface area contributed by atoms with Gasteiger partial charge in [0.15, 0.2) is 12.6 Å². The second-order valence-electron chi connectivity index (χ2n) is 22.2. The van der Waals surface area contributed by atoms with Gasteiger partial charge in [-0.05, 0) is 38.5 Å². The zero-order valence-corrected chi connectivity index (χ0v) is 48.9. The highest BCUT2D eigenvalue weighted by Gasteiger charge is 2.51. The van der Waals surface area contributed by atoms with E-state index in [2.05, 4.69) is 61.7 Å². The Labute approximate surface area is 473 Å². The molecule has 2 aliphatic rings. The number of hydrogen-bond donors (Lipinski definition) is 9. The number of allylic oxidation sites excluding steroid dienone is 9. The van der Waals surface area contributed by atoms with Gasteiger partial charge in [-0.25, -0.2) is 0 Å². The molecule has 0 radical (unpaired) electrons. The van der Waals surface area contributed by atoms with E-state index in [-0.39, 0.29) is 18.9 Å². The molecule has 2 heterocycles. The SMILES string of the molecule is CC/C=C\C/C=C\C/C=C\C/C=C\C/C=C\CC(=O)NC(COC1OC(CO)C(OC2OC(CO)C(O)C(O)C2O)C(O)C1O)C(O)CCCCCCCCCCCCCCCCCCCCCCCCCCCCCCC. The average molecular weight is 1110 g/mol. The Kier molecular flexibility index (Phi) is 45.4. The minimum atomic E-state index is -1.79. The van der Waals surface area contributed by atoms with Crippen LogP contribution in [0, 0.1) is 0 Å². The van der Waals surface area contributed by atoms with Gasteiger partial charge in [-0.1, -0.05) is 261 Å². The van der Waals surface area contributed by atoms with E-state index in [0.717, 1.165) is 51.4 Å². The van der Waals surface area contributed by atoms with Crippen molar-refractivity contribution >= 4 is 5.91 Å². The molecule has 2 rings (SSSR count). The predicted molar refractivity (Wildman–Crippen MR) is 314 cm³/mol. The van der Waals surface area contributed by atoms with Gasteiger partial charge in [-0.3, -0.25) is 4.79 Å². The minimum absolute atomic E-state index is 0.0706. The lowest BCUT2D eigenvalue weighted by atomic mass is 9.97. The Morgan fingerprint density at radius 3 is 1.24 bits per heavy atom. The lowest BCUT2D eigenvalue weighted by molar-refractivity contribution is -0.359. The van der Waals surface area contributed by atoms with Crippen LogP contribution in [-0.4, -0.2) is 140 Å². The number of nitrogens with one attached hydrogen (secondary N) is 1. The van der Waals surface area contributed by atoms with Gasteiger partial charge in [-0.15, -0.1) is 0 Å². The molecule has 78 heavy (non-hydrogen) atoms. The molecule has 2 aliphatic heterocycles.